The lowest BCUT2D eigenvalue weighted by Crippen LogP contribution is -2.47. The number of methoxy groups -OCH3 is 1. The van der Waals surface area contributed by atoms with Crippen LogP contribution in [0.25, 0.3) is 0 Å². The van der Waals surface area contributed by atoms with Crippen molar-refractivity contribution in [2.45, 2.75) is 31.8 Å². The summed E-state index contributed by atoms with van der Waals surface area (Å²) in [5.41, 5.74) is 1.33. The standard InChI is InChI=1S/C23H31N3O2/c1-24-23(25-16-6-7-19-10-12-20(27-2)13-11-19)26-17-14-22(15-18-26)28-21-8-4-3-5-9-21/h3-5,8-13,22H,6-7,14-18H2,1-2H3,(H,24,25). The van der Waals surface area contributed by atoms with Crippen molar-refractivity contribution in [3.63, 3.8) is 0 Å². The van der Waals surface area contributed by atoms with E-state index in [1.54, 1.807) is 7.11 Å². The van der Waals surface area contributed by atoms with Crippen LogP contribution in [-0.4, -0.2) is 50.8 Å². The molecule has 0 unspecified atom stereocenters. The van der Waals surface area contributed by atoms with Gasteiger partial charge in [0.15, 0.2) is 5.96 Å². The monoisotopic (exact) mass is 381 g/mol. The molecular weight excluding hydrogens is 350 g/mol. The van der Waals surface area contributed by atoms with Gasteiger partial charge in [-0.2, -0.15) is 0 Å². The van der Waals surface area contributed by atoms with Gasteiger partial charge >= 0.3 is 0 Å². The van der Waals surface area contributed by atoms with Gasteiger partial charge in [0.05, 0.1) is 7.11 Å². The molecule has 0 spiro atoms. The summed E-state index contributed by atoms with van der Waals surface area (Å²) in [7, 11) is 3.56. The van der Waals surface area contributed by atoms with Gasteiger partial charge in [-0.05, 0) is 42.7 Å². The first-order valence-corrected chi connectivity index (χ1v) is 10.1. The maximum Gasteiger partial charge on any atom is 0.193 e. The zero-order valence-corrected chi connectivity index (χ0v) is 16.9. The Hall–Kier alpha value is -2.69. The molecule has 0 atom stereocenters. The molecule has 3 rings (SSSR count). The highest BCUT2D eigenvalue weighted by molar-refractivity contribution is 5.79. The molecule has 1 heterocycles. The number of ether oxygens (including phenoxy) is 2. The van der Waals surface area contributed by atoms with Crippen molar-refractivity contribution in [3.8, 4) is 11.5 Å². The van der Waals surface area contributed by atoms with E-state index < -0.39 is 0 Å². The van der Waals surface area contributed by atoms with Crippen molar-refractivity contribution in [1.29, 1.82) is 0 Å². The van der Waals surface area contributed by atoms with Crippen LogP contribution in [0.4, 0.5) is 0 Å². The van der Waals surface area contributed by atoms with Crippen molar-refractivity contribution in [2.75, 3.05) is 33.8 Å². The minimum Gasteiger partial charge on any atom is -0.497 e. The van der Waals surface area contributed by atoms with Crippen molar-refractivity contribution in [1.82, 2.24) is 10.2 Å². The van der Waals surface area contributed by atoms with Gasteiger partial charge in [0, 0.05) is 39.5 Å². The van der Waals surface area contributed by atoms with Crippen molar-refractivity contribution < 1.29 is 9.47 Å². The Morgan fingerprint density at radius 1 is 1.04 bits per heavy atom. The Labute approximate surface area is 168 Å². The summed E-state index contributed by atoms with van der Waals surface area (Å²) < 4.78 is 11.3. The molecule has 0 bridgehead atoms. The first-order valence-electron chi connectivity index (χ1n) is 10.1. The molecule has 0 aromatic heterocycles. The third-order valence-corrected chi connectivity index (χ3v) is 5.08. The topological polar surface area (TPSA) is 46.1 Å². The van der Waals surface area contributed by atoms with Crippen LogP contribution in [0.2, 0.25) is 0 Å². The van der Waals surface area contributed by atoms with E-state index in [2.05, 4.69) is 27.3 Å². The molecule has 5 nitrogen and oxygen atoms in total. The Bertz CT molecular complexity index is 723. The lowest BCUT2D eigenvalue weighted by molar-refractivity contribution is 0.129. The van der Waals surface area contributed by atoms with E-state index in [9.17, 15) is 0 Å². The van der Waals surface area contributed by atoms with Gasteiger partial charge in [0.25, 0.3) is 0 Å². The Morgan fingerprint density at radius 3 is 2.39 bits per heavy atom. The predicted octanol–water partition coefficient (Wildman–Crippen LogP) is 3.75. The third-order valence-electron chi connectivity index (χ3n) is 5.08. The van der Waals surface area contributed by atoms with Crippen LogP contribution in [0, 0.1) is 0 Å². The summed E-state index contributed by atoms with van der Waals surface area (Å²) in [5.74, 6) is 2.86. The van der Waals surface area contributed by atoms with Crippen LogP contribution in [0.5, 0.6) is 11.5 Å². The highest BCUT2D eigenvalue weighted by atomic mass is 16.5. The molecule has 1 N–H and O–H groups in total. The van der Waals surface area contributed by atoms with Gasteiger partial charge in [0.1, 0.15) is 17.6 Å². The molecule has 1 fully saturated rings. The second-order valence-electron chi connectivity index (χ2n) is 7.04. The zero-order valence-electron chi connectivity index (χ0n) is 16.9. The number of para-hydroxylation sites is 1. The van der Waals surface area contributed by atoms with Crippen molar-refractivity contribution in [3.05, 3.63) is 60.2 Å². The molecule has 0 saturated carbocycles. The highest BCUT2D eigenvalue weighted by Gasteiger charge is 2.22. The molecule has 2 aromatic carbocycles. The summed E-state index contributed by atoms with van der Waals surface area (Å²) in [6.07, 6.45) is 4.43. The van der Waals surface area contributed by atoms with E-state index in [-0.39, 0.29) is 6.10 Å². The number of aryl methyl sites for hydroxylation is 1. The summed E-state index contributed by atoms with van der Waals surface area (Å²) in [5, 5.41) is 3.51. The van der Waals surface area contributed by atoms with E-state index in [0.29, 0.717) is 0 Å². The van der Waals surface area contributed by atoms with E-state index in [0.717, 1.165) is 62.8 Å². The lowest BCUT2D eigenvalue weighted by atomic mass is 10.1. The molecule has 5 heteroatoms. The number of likely N-dealkylation sites (tertiary alicyclic amines) is 1. The summed E-state index contributed by atoms with van der Waals surface area (Å²) >= 11 is 0. The number of guanidine groups is 1. The molecule has 0 radical (unpaired) electrons. The Kier molecular flexibility index (Phi) is 7.59. The minimum atomic E-state index is 0.284. The van der Waals surface area contributed by atoms with Crippen molar-refractivity contribution in [2.24, 2.45) is 4.99 Å². The highest BCUT2D eigenvalue weighted by Crippen LogP contribution is 2.18. The smallest absolute Gasteiger partial charge is 0.193 e. The fraction of sp³-hybridized carbons (Fsp3) is 0.435. The number of nitrogens with one attached hydrogen (secondary N) is 1. The summed E-state index contributed by atoms with van der Waals surface area (Å²) in [6.45, 7) is 2.85. The van der Waals surface area contributed by atoms with Gasteiger partial charge in [0.2, 0.25) is 0 Å². The fourth-order valence-electron chi connectivity index (χ4n) is 3.49. The maximum atomic E-state index is 6.09. The van der Waals surface area contributed by atoms with Gasteiger partial charge in [-0.3, -0.25) is 4.99 Å². The van der Waals surface area contributed by atoms with Gasteiger partial charge in [-0.25, -0.2) is 0 Å². The van der Waals surface area contributed by atoms with Crippen LogP contribution < -0.4 is 14.8 Å². The van der Waals surface area contributed by atoms with E-state index in [1.807, 2.05) is 49.5 Å². The fourth-order valence-corrected chi connectivity index (χ4v) is 3.49. The van der Waals surface area contributed by atoms with Crippen molar-refractivity contribution >= 4 is 5.96 Å². The molecule has 1 aliphatic heterocycles. The number of nitrogens with zero attached hydrogens (tertiary/aromatic N) is 2. The Morgan fingerprint density at radius 2 is 1.75 bits per heavy atom. The number of aliphatic imine (C=N–C) groups is 1. The molecular formula is C23H31N3O2. The average molecular weight is 382 g/mol. The number of benzene rings is 2. The molecule has 28 heavy (non-hydrogen) atoms. The van der Waals surface area contributed by atoms with Gasteiger partial charge in [-0.1, -0.05) is 30.3 Å². The molecule has 0 amide bonds. The molecule has 1 saturated heterocycles. The lowest BCUT2D eigenvalue weighted by Gasteiger charge is -2.34. The first-order chi connectivity index (χ1) is 13.8. The van der Waals surface area contributed by atoms with Crippen LogP contribution in [0.1, 0.15) is 24.8 Å². The normalized spacial score (nSPS) is 15.4. The first kappa shape index (κ1) is 20.1. The summed E-state index contributed by atoms with van der Waals surface area (Å²) in [6, 6.07) is 18.4. The van der Waals surface area contributed by atoms with Gasteiger partial charge < -0.3 is 19.7 Å². The van der Waals surface area contributed by atoms with E-state index >= 15 is 0 Å². The minimum absolute atomic E-state index is 0.284. The van der Waals surface area contributed by atoms with E-state index in [1.165, 1.54) is 5.56 Å². The van der Waals surface area contributed by atoms with Crippen LogP contribution >= 0.6 is 0 Å². The second-order valence-corrected chi connectivity index (χ2v) is 7.04. The predicted molar refractivity (Wildman–Crippen MR) is 114 cm³/mol. The maximum absolute atomic E-state index is 6.09. The molecule has 2 aromatic rings. The van der Waals surface area contributed by atoms with Crippen LogP contribution in [0.15, 0.2) is 59.6 Å². The van der Waals surface area contributed by atoms with E-state index in [4.69, 9.17) is 9.47 Å². The second kappa shape index (κ2) is 10.6. The van der Waals surface area contributed by atoms with Crippen LogP contribution in [-0.2, 0) is 6.42 Å². The third kappa shape index (κ3) is 5.91. The number of piperidine rings is 1. The SMILES string of the molecule is CN=C(NCCCc1ccc(OC)cc1)N1CCC(Oc2ccccc2)CC1. The van der Waals surface area contributed by atoms with Gasteiger partial charge in [-0.15, -0.1) is 0 Å². The number of hydrogen-bond acceptors (Lipinski definition) is 3. The quantitative estimate of drug-likeness (QED) is 0.451. The van der Waals surface area contributed by atoms with Crippen LogP contribution in [0.3, 0.4) is 0 Å². The Balaban J connectivity index is 1.37. The number of rotatable bonds is 7. The largest absolute Gasteiger partial charge is 0.497 e. The zero-order chi connectivity index (χ0) is 19.6. The molecule has 1 aliphatic rings. The average Bonchev–Trinajstić information content (AvgIpc) is 2.76. The summed E-state index contributed by atoms with van der Waals surface area (Å²) in [4.78, 5) is 6.79. The molecule has 150 valence electrons. The molecule has 0 aliphatic carbocycles. The number of hydrogen-bond donors (Lipinski definition) is 1.